The first-order valence-corrected chi connectivity index (χ1v) is 10.5. The van der Waals surface area contributed by atoms with Crippen molar-refractivity contribution in [3.05, 3.63) is 29.8 Å². The van der Waals surface area contributed by atoms with Crippen molar-refractivity contribution < 1.29 is 9.59 Å². The number of piperazine rings is 2. The molecule has 3 fully saturated rings. The van der Waals surface area contributed by atoms with Crippen molar-refractivity contribution in [1.29, 1.82) is 0 Å². The molecule has 0 aliphatic carbocycles. The van der Waals surface area contributed by atoms with E-state index in [0.29, 0.717) is 26.2 Å². The minimum absolute atomic E-state index is 0. The number of hydrogen-bond acceptors (Lipinski definition) is 5. The van der Waals surface area contributed by atoms with E-state index in [1.807, 2.05) is 28.0 Å². The molecule has 8 heteroatoms. The van der Waals surface area contributed by atoms with Gasteiger partial charge in [-0.15, -0.1) is 12.4 Å². The molecule has 4 rings (SSSR count). The summed E-state index contributed by atoms with van der Waals surface area (Å²) in [6.45, 7) is 7.47. The second-order valence-electron chi connectivity index (χ2n) is 8.11. The predicted molar refractivity (Wildman–Crippen MR) is 117 cm³/mol. The first-order valence-electron chi connectivity index (χ1n) is 10.5. The monoisotopic (exact) mass is 421 g/mol. The van der Waals surface area contributed by atoms with Gasteiger partial charge in [0.1, 0.15) is 0 Å². The summed E-state index contributed by atoms with van der Waals surface area (Å²) in [5.74, 6) is 0.267. The number of carbonyl (C=O) groups excluding carboxylic acids is 2. The van der Waals surface area contributed by atoms with Crippen LogP contribution >= 0.6 is 12.4 Å². The van der Waals surface area contributed by atoms with Gasteiger partial charge in [0.2, 0.25) is 5.91 Å². The molecule has 2 amide bonds. The Kier molecular flexibility index (Phi) is 7.38. The second kappa shape index (κ2) is 9.78. The van der Waals surface area contributed by atoms with Gasteiger partial charge in [-0.05, 0) is 44.6 Å². The molecule has 1 atom stereocenters. The summed E-state index contributed by atoms with van der Waals surface area (Å²) in [7, 11) is 2.14. The number of hydrogen-bond donors (Lipinski definition) is 1. The Morgan fingerprint density at radius 2 is 1.66 bits per heavy atom. The number of amides is 2. The topological polar surface area (TPSA) is 59.1 Å². The highest BCUT2D eigenvalue weighted by Gasteiger charge is 2.30. The number of nitrogens with zero attached hydrogens (tertiary/aromatic N) is 4. The average molecular weight is 422 g/mol. The van der Waals surface area contributed by atoms with Gasteiger partial charge >= 0.3 is 0 Å². The van der Waals surface area contributed by atoms with Crippen LogP contribution in [-0.2, 0) is 4.79 Å². The Morgan fingerprint density at radius 3 is 2.31 bits per heavy atom. The molecule has 0 bridgehead atoms. The predicted octanol–water partition coefficient (Wildman–Crippen LogP) is 0.897. The molecule has 29 heavy (non-hydrogen) atoms. The number of halogens is 1. The molecule has 3 aliphatic heterocycles. The third-order valence-corrected chi connectivity index (χ3v) is 6.20. The van der Waals surface area contributed by atoms with Gasteiger partial charge in [0.05, 0.1) is 6.04 Å². The van der Waals surface area contributed by atoms with Gasteiger partial charge in [0, 0.05) is 63.6 Å². The Hall–Kier alpha value is -1.83. The summed E-state index contributed by atoms with van der Waals surface area (Å²) < 4.78 is 0. The summed E-state index contributed by atoms with van der Waals surface area (Å²) in [5, 5.41) is 3.27. The first-order chi connectivity index (χ1) is 13.6. The Morgan fingerprint density at radius 1 is 0.966 bits per heavy atom. The highest BCUT2D eigenvalue weighted by Crippen LogP contribution is 2.20. The lowest BCUT2D eigenvalue weighted by Gasteiger charge is -2.36. The number of benzene rings is 1. The highest BCUT2D eigenvalue weighted by atomic mass is 35.5. The second-order valence-corrected chi connectivity index (χ2v) is 8.11. The minimum atomic E-state index is -0.0254. The average Bonchev–Trinajstić information content (AvgIpc) is 3.28. The molecule has 0 aromatic heterocycles. The maximum absolute atomic E-state index is 13.0. The molecule has 0 radical (unpaired) electrons. The number of anilines is 1. The van der Waals surface area contributed by atoms with Crippen LogP contribution in [0.3, 0.4) is 0 Å². The molecule has 3 saturated heterocycles. The molecule has 7 nitrogen and oxygen atoms in total. The quantitative estimate of drug-likeness (QED) is 0.785. The standard InChI is InChI=1S/C21H31N5O2.ClH/c1-23-8-10-24(11-9-23)18-5-2-4-17(16-18)20(27)25-12-14-26(15-13-25)21(28)19-6-3-7-22-19;/h2,4-5,16,19,22H,3,6-15H2,1H3;1H. The van der Waals surface area contributed by atoms with Gasteiger partial charge in [-0.3, -0.25) is 9.59 Å². The largest absolute Gasteiger partial charge is 0.369 e. The van der Waals surface area contributed by atoms with E-state index in [0.717, 1.165) is 56.8 Å². The van der Waals surface area contributed by atoms with Crippen LogP contribution in [0.2, 0.25) is 0 Å². The van der Waals surface area contributed by atoms with Gasteiger partial charge < -0.3 is 24.9 Å². The molecule has 3 heterocycles. The third-order valence-electron chi connectivity index (χ3n) is 6.20. The van der Waals surface area contributed by atoms with E-state index in [-0.39, 0.29) is 30.3 Å². The zero-order chi connectivity index (χ0) is 19.5. The zero-order valence-electron chi connectivity index (χ0n) is 17.2. The van der Waals surface area contributed by atoms with E-state index in [4.69, 9.17) is 0 Å². The summed E-state index contributed by atoms with van der Waals surface area (Å²) >= 11 is 0. The van der Waals surface area contributed by atoms with Crippen molar-refractivity contribution in [1.82, 2.24) is 20.0 Å². The van der Waals surface area contributed by atoms with E-state index in [9.17, 15) is 9.59 Å². The molecular formula is C21H32ClN5O2. The lowest BCUT2D eigenvalue weighted by atomic mass is 10.1. The van der Waals surface area contributed by atoms with Crippen LogP contribution in [0.25, 0.3) is 0 Å². The normalized spacial score (nSPS) is 23.1. The molecule has 1 aromatic rings. The fourth-order valence-corrected chi connectivity index (χ4v) is 4.33. The van der Waals surface area contributed by atoms with E-state index in [2.05, 4.69) is 28.2 Å². The van der Waals surface area contributed by atoms with Gasteiger partial charge in [-0.1, -0.05) is 6.07 Å². The van der Waals surface area contributed by atoms with Crippen LogP contribution in [0, 0.1) is 0 Å². The molecule has 160 valence electrons. The fourth-order valence-electron chi connectivity index (χ4n) is 4.33. The van der Waals surface area contributed by atoms with E-state index in [1.54, 1.807) is 0 Å². The molecular weight excluding hydrogens is 390 g/mol. The number of carbonyl (C=O) groups is 2. The van der Waals surface area contributed by atoms with Gasteiger partial charge in [0.25, 0.3) is 5.91 Å². The molecule has 1 aromatic carbocycles. The van der Waals surface area contributed by atoms with Crippen LogP contribution in [0.15, 0.2) is 24.3 Å². The van der Waals surface area contributed by atoms with Crippen LogP contribution in [0.1, 0.15) is 23.2 Å². The van der Waals surface area contributed by atoms with Crippen molar-refractivity contribution >= 4 is 29.9 Å². The number of likely N-dealkylation sites (N-methyl/N-ethyl adjacent to an activating group) is 1. The molecule has 1 unspecified atom stereocenters. The van der Waals surface area contributed by atoms with Crippen LogP contribution in [0.4, 0.5) is 5.69 Å². The molecule has 1 N–H and O–H groups in total. The van der Waals surface area contributed by atoms with E-state index in [1.165, 1.54) is 0 Å². The lowest BCUT2D eigenvalue weighted by molar-refractivity contribution is -0.134. The fraction of sp³-hybridized carbons (Fsp3) is 0.619. The summed E-state index contributed by atoms with van der Waals surface area (Å²) in [5.41, 5.74) is 1.87. The Balaban J connectivity index is 0.00000240. The smallest absolute Gasteiger partial charge is 0.254 e. The van der Waals surface area contributed by atoms with Crippen molar-refractivity contribution in [3.63, 3.8) is 0 Å². The van der Waals surface area contributed by atoms with Crippen molar-refractivity contribution in [2.24, 2.45) is 0 Å². The maximum Gasteiger partial charge on any atom is 0.254 e. The Labute approximate surface area is 179 Å². The highest BCUT2D eigenvalue weighted by molar-refractivity contribution is 5.95. The molecule has 0 spiro atoms. The SMILES string of the molecule is CN1CCN(c2cccc(C(=O)N3CCN(C(=O)C4CCCN4)CC3)c2)CC1.Cl. The van der Waals surface area contributed by atoms with Crippen molar-refractivity contribution in [3.8, 4) is 0 Å². The lowest BCUT2D eigenvalue weighted by Crippen LogP contribution is -2.54. The first kappa shape index (κ1) is 21.9. The van der Waals surface area contributed by atoms with E-state index >= 15 is 0 Å². The number of rotatable bonds is 3. The van der Waals surface area contributed by atoms with Crippen LogP contribution in [0.5, 0.6) is 0 Å². The van der Waals surface area contributed by atoms with Gasteiger partial charge in [-0.2, -0.15) is 0 Å². The third kappa shape index (κ3) is 5.02. The Bertz CT molecular complexity index is 709. The van der Waals surface area contributed by atoms with Crippen LogP contribution in [-0.4, -0.2) is 98.5 Å². The summed E-state index contributed by atoms with van der Waals surface area (Å²) in [6.07, 6.45) is 2.00. The molecule has 0 saturated carbocycles. The molecule has 3 aliphatic rings. The van der Waals surface area contributed by atoms with Gasteiger partial charge in [-0.25, -0.2) is 0 Å². The summed E-state index contributed by atoms with van der Waals surface area (Å²) in [4.78, 5) is 34.0. The van der Waals surface area contributed by atoms with E-state index < -0.39 is 0 Å². The zero-order valence-corrected chi connectivity index (χ0v) is 18.0. The maximum atomic E-state index is 13.0. The number of nitrogens with one attached hydrogen (secondary N) is 1. The van der Waals surface area contributed by atoms with Crippen LogP contribution < -0.4 is 10.2 Å². The van der Waals surface area contributed by atoms with Gasteiger partial charge in [0.15, 0.2) is 0 Å². The minimum Gasteiger partial charge on any atom is -0.369 e. The van der Waals surface area contributed by atoms with Crippen molar-refractivity contribution in [2.45, 2.75) is 18.9 Å². The van der Waals surface area contributed by atoms with Crippen molar-refractivity contribution in [2.75, 3.05) is 70.9 Å². The summed E-state index contributed by atoms with van der Waals surface area (Å²) in [6, 6.07) is 7.97.